The number of rotatable bonds is 18. The standard InChI is InChI=1S/C58H69N11O10S/c1-33(2)53(57(73)68-31-41(70)24-48(68)56(72)62-34(3)36-9-11-37(12-10-36)54-35(4)61-32-80-54)50-28-52(65-79-50)75-21-22-76-58(74)66-19-16-42(17-20-66)77-43-25-44(26-43)78-51-23-38(15-18-60-51)69-39-13-14-40(69)30-67(29-39)47-27-46(63-64-55(47)59)45-7-5-6-8-49(45)71/h5-12,15,18,23,27-28,32-34,39-44,48,53,70-71H,13-14,16-17,19-22,24-26,29-31H2,1-4H3,(H2,59,64)(H,62,72)/t34-,39+,40?,41+,43?,44?,48-,53-/m0/s1. The van der Waals surface area contributed by atoms with Crippen LogP contribution in [0.25, 0.3) is 21.7 Å². The van der Waals surface area contributed by atoms with Gasteiger partial charge < -0.3 is 64.3 Å². The number of piperazine rings is 1. The number of β-amino-alcohol motifs (C(OH)–C–C–N with tert-alkyl or cyclic N) is 1. The zero-order valence-corrected chi connectivity index (χ0v) is 46.2. The second-order valence-corrected chi connectivity index (χ2v) is 22.8. The van der Waals surface area contributed by atoms with Gasteiger partial charge in [-0.05, 0) is 86.0 Å². The van der Waals surface area contributed by atoms with Crippen molar-refractivity contribution in [3.63, 3.8) is 0 Å². The Kier molecular flexibility index (Phi) is 16.1. The van der Waals surface area contributed by atoms with Gasteiger partial charge in [0.1, 0.15) is 37.0 Å². The number of ether oxygens (including phenoxy) is 4. The van der Waals surface area contributed by atoms with Crippen LogP contribution in [0.4, 0.5) is 22.0 Å². The van der Waals surface area contributed by atoms with Gasteiger partial charge in [0.15, 0.2) is 11.6 Å². The van der Waals surface area contributed by atoms with Crippen LogP contribution in [0.3, 0.4) is 0 Å². The Morgan fingerprint density at radius 2 is 1.62 bits per heavy atom. The molecule has 6 atom stereocenters. The van der Waals surface area contributed by atoms with Crippen molar-refractivity contribution in [2.75, 3.05) is 61.5 Å². The molecular weight excluding hydrogens is 1040 g/mol. The fourth-order valence-electron chi connectivity index (χ4n) is 11.9. The van der Waals surface area contributed by atoms with E-state index in [1.807, 2.05) is 87.9 Å². The number of benzene rings is 2. The number of nitrogens with one attached hydrogen (secondary N) is 1. The molecule has 1 unspecified atom stereocenters. The summed E-state index contributed by atoms with van der Waals surface area (Å²) in [5, 5.41) is 36.8. The Labute approximate surface area is 468 Å². The number of nitrogens with two attached hydrogens (primary N) is 1. The first-order valence-corrected chi connectivity index (χ1v) is 28.6. The van der Waals surface area contributed by atoms with Crippen LogP contribution in [0, 0.1) is 12.8 Å². The average Bonchev–Trinajstić information content (AvgIpc) is 4.30. The number of thiazole rings is 1. The molecule has 1 saturated carbocycles. The van der Waals surface area contributed by atoms with Crippen molar-refractivity contribution in [2.24, 2.45) is 5.92 Å². The lowest BCUT2D eigenvalue weighted by molar-refractivity contribution is -0.141. The molecule has 422 valence electrons. The van der Waals surface area contributed by atoms with Crippen LogP contribution < -0.4 is 30.3 Å². The lowest BCUT2D eigenvalue weighted by atomic mass is 9.91. The van der Waals surface area contributed by atoms with Gasteiger partial charge in [-0.2, -0.15) is 0 Å². The number of pyridine rings is 1. The summed E-state index contributed by atoms with van der Waals surface area (Å²) < 4.78 is 29.8. The quantitative estimate of drug-likeness (QED) is 0.0616. The van der Waals surface area contributed by atoms with Crippen molar-refractivity contribution in [2.45, 2.75) is 127 Å². The molecule has 5 fully saturated rings. The summed E-state index contributed by atoms with van der Waals surface area (Å²) in [7, 11) is 0. The van der Waals surface area contributed by atoms with Crippen molar-refractivity contribution in [1.82, 2.24) is 40.4 Å². The first-order chi connectivity index (χ1) is 38.7. The first kappa shape index (κ1) is 54.4. The molecule has 0 spiro atoms. The number of hydrogen-bond acceptors (Lipinski definition) is 19. The molecule has 8 heterocycles. The first-order valence-electron chi connectivity index (χ1n) is 27.8. The van der Waals surface area contributed by atoms with Gasteiger partial charge in [-0.15, -0.1) is 21.5 Å². The van der Waals surface area contributed by atoms with Crippen LogP contribution in [0.5, 0.6) is 17.5 Å². The van der Waals surface area contributed by atoms with Crippen LogP contribution in [0.2, 0.25) is 0 Å². The van der Waals surface area contributed by atoms with E-state index < -0.39 is 24.2 Å². The van der Waals surface area contributed by atoms with Crippen LogP contribution in [-0.2, 0) is 19.1 Å². The number of aromatic nitrogens is 5. The number of carbonyl (C=O) groups is 3. The molecule has 1 aliphatic carbocycles. The SMILES string of the molecule is Cc1ncsc1-c1ccc([C@H](C)NC(=O)[C@@H]2C[C@@H](O)CN2C(=O)[C@H](c2cc(OCCOC(=O)N3CCC(OC4CC(Oc5cc(N6C7CC[C@@H]6CN(c6cc(-c8ccccc8O)nnc6N)C7)ccn5)C4)CC3)no2)C(C)C)cc1. The number of phenols is 1. The number of carbonyl (C=O) groups excluding carboxylic acids is 3. The smallest absolute Gasteiger partial charge is 0.409 e. The molecule has 2 bridgehead atoms. The van der Waals surface area contributed by atoms with E-state index in [2.05, 4.69) is 46.5 Å². The molecule has 21 nitrogen and oxygen atoms in total. The second-order valence-electron chi connectivity index (χ2n) is 22.0. The predicted molar refractivity (Wildman–Crippen MR) is 298 cm³/mol. The Morgan fingerprint density at radius 1 is 0.863 bits per heavy atom. The van der Waals surface area contributed by atoms with Gasteiger partial charge in [0.05, 0.1) is 51.8 Å². The molecule has 3 amide bonds. The van der Waals surface area contributed by atoms with Crippen LogP contribution >= 0.6 is 11.3 Å². The summed E-state index contributed by atoms with van der Waals surface area (Å²) in [4.78, 5) is 58.9. The van der Waals surface area contributed by atoms with E-state index in [1.165, 1.54) is 4.90 Å². The summed E-state index contributed by atoms with van der Waals surface area (Å²) in [6.07, 6.45) is 5.72. The third kappa shape index (κ3) is 11.8. The molecule has 0 radical (unpaired) electrons. The predicted octanol–water partition coefficient (Wildman–Crippen LogP) is 7.29. The fourth-order valence-corrected chi connectivity index (χ4v) is 12.7. The number of fused-ring (bicyclic) bond motifs is 2. The van der Waals surface area contributed by atoms with Crippen molar-refractivity contribution >= 4 is 46.4 Å². The molecule has 2 aromatic carbocycles. The van der Waals surface area contributed by atoms with Gasteiger partial charge in [0, 0.05) is 93.7 Å². The van der Waals surface area contributed by atoms with Crippen LogP contribution in [0.1, 0.15) is 94.7 Å². The number of anilines is 3. The number of aliphatic hydroxyl groups is 1. The highest BCUT2D eigenvalue weighted by atomic mass is 32.1. The van der Waals surface area contributed by atoms with Crippen molar-refractivity contribution in [1.29, 1.82) is 0 Å². The maximum absolute atomic E-state index is 14.2. The van der Waals surface area contributed by atoms with E-state index in [0.29, 0.717) is 48.9 Å². The van der Waals surface area contributed by atoms with Gasteiger partial charge in [-0.25, -0.2) is 14.8 Å². The Hall–Kier alpha value is -7.56. The zero-order chi connectivity index (χ0) is 55.6. The highest BCUT2D eigenvalue weighted by molar-refractivity contribution is 7.13. The van der Waals surface area contributed by atoms with Crippen LogP contribution in [-0.4, -0.2) is 152 Å². The summed E-state index contributed by atoms with van der Waals surface area (Å²) >= 11 is 1.58. The summed E-state index contributed by atoms with van der Waals surface area (Å²) in [5.41, 5.74) is 14.2. The van der Waals surface area contributed by atoms with Crippen molar-refractivity contribution < 1.29 is 48.1 Å². The molecule has 5 aliphatic rings. The minimum atomic E-state index is -0.873. The molecule has 22 heteroatoms. The third-order valence-corrected chi connectivity index (χ3v) is 17.2. The minimum absolute atomic E-state index is 0.000595. The monoisotopic (exact) mass is 1110 g/mol. The van der Waals surface area contributed by atoms with Crippen molar-refractivity contribution in [3.8, 4) is 39.2 Å². The lowest BCUT2D eigenvalue weighted by Crippen LogP contribution is -2.54. The van der Waals surface area contributed by atoms with Gasteiger partial charge in [0.2, 0.25) is 17.7 Å². The Morgan fingerprint density at radius 3 is 2.35 bits per heavy atom. The summed E-state index contributed by atoms with van der Waals surface area (Å²) in [6.45, 7) is 10.2. The Bertz CT molecular complexity index is 3130. The van der Waals surface area contributed by atoms with Gasteiger partial charge in [-0.3, -0.25) is 9.59 Å². The number of likely N-dealkylation sites (tertiary alicyclic amines) is 2. The molecule has 4 saturated heterocycles. The molecule has 11 rings (SSSR count). The Balaban J connectivity index is 0.587. The van der Waals surface area contributed by atoms with Gasteiger partial charge >= 0.3 is 6.09 Å². The van der Waals surface area contributed by atoms with Crippen LogP contribution in [0.15, 0.2) is 89.0 Å². The number of phenolic OH excluding ortho intramolecular Hbond substituents is 1. The zero-order valence-electron chi connectivity index (χ0n) is 45.4. The number of piperidine rings is 1. The van der Waals surface area contributed by atoms with E-state index in [0.717, 1.165) is 71.8 Å². The summed E-state index contributed by atoms with van der Waals surface area (Å²) in [5.74, 6) is -0.231. The number of nitrogen functional groups attached to an aromatic ring is 1. The average molecular weight is 1110 g/mol. The normalized spacial score (nSPS) is 22.7. The largest absolute Gasteiger partial charge is 0.507 e. The molecule has 80 heavy (non-hydrogen) atoms. The lowest BCUT2D eigenvalue weighted by Gasteiger charge is -2.43. The van der Waals surface area contributed by atoms with E-state index in [1.54, 1.807) is 34.4 Å². The van der Waals surface area contributed by atoms with Gasteiger partial charge in [0.25, 0.3) is 5.88 Å². The number of hydrogen-bond donors (Lipinski definition) is 4. The topological polar surface area (TPSA) is 257 Å². The maximum atomic E-state index is 14.2. The van der Waals surface area contributed by atoms with E-state index >= 15 is 0 Å². The fraction of sp³-hybridized carbons (Fsp3) is 0.483. The summed E-state index contributed by atoms with van der Waals surface area (Å²) in [6, 6.07) is 21.9. The molecule has 4 aromatic heterocycles. The molecule has 5 N–H and O–H groups in total. The van der Waals surface area contributed by atoms with Crippen molar-refractivity contribution in [3.05, 3.63) is 102 Å². The van der Waals surface area contributed by atoms with E-state index in [4.69, 9.17) is 29.2 Å². The number of amides is 3. The van der Waals surface area contributed by atoms with E-state index in [9.17, 15) is 24.6 Å². The van der Waals surface area contributed by atoms with Gasteiger partial charge in [-0.1, -0.05) is 50.2 Å². The number of para-hydroxylation sites is 1. The molecule has 6 aromatic rings. The highest BCUT2D eigenvalue weighted by Crippen LogP contribution is 2.41. The number of aliphatic hydroxyl groups excluding tert-OH is 1. The highest BCUT2D eigenvalue weighted by Gasteiger charge is 2.45. The maximum Gasteiger partial charge on any atom is 0.409 e. The second kappa shape index (κ2) is 23.6. The minimum Gasteiger partial charge on any atom is -0.507 e. The number of nitrogens with zero attached hydrogens (tertiary/aromatic N) is 9. The molecular formula is C58H69N11O10S. The van der Waals surface area contributed by atoms with E-state index in [-0.39, 0.29) is 97.7 Å². The number of aryl methyl sites for hydroxylation is 1. The molecule has 4 aliphatic heterocycles. The third-order valence-electron chi connectivity index (χ3n) is 16.2. The number of aromatic hydroxyl groups is 1.